The lowest BCUT2D eigenvalue weighted by Crippen LogP contribution is -2.44. The molecule has 3 aromatic carbocycles. The van der Waals surface area contributed by atoms with Crippen LogP contribution in [0, 0.1) is 11.8 Å². The van der Waals surface area contributed by atoms with Crippen LogP contribution in [0.4, 0.5) is 26.3 Å². The molecule has 6 nitrogen and oxygen atoms in total. The topological polar surface area (TPSA) is 73.2 Å². The van der Waals surface area contributed by atoms with Crippen LogP contribution in [0.25, 0.3) is 11.3 Å². The van der Waals surface area contributed by atoms with Gasteiger partial charge in [-0.05, 0) is 68.8 Å². The van der Waals surface area contributed by atoms with E-state index in [9.17, 15) is 34.8 Å². The summed E-state index contributed by atoms with van der Waals surface area (Å²) in [5.74, 6) is 4.31. The normalized spacial score (nSPS) is 12.5. The van der Waals surface area contributed by atoms with E-state index in [0.717, 1.165) is 12.1 Å². The van der Waals surface area contributed by atoms with Gasteiger partial charge in [0.15, 0.2) is 5.75 Å². The molecule has 232 valence electrons. The van der Waals surface area contributed by atoms with Crippen molar-refractivity contribution in [2.24, 2.45) is 0 Å². The molecule has 0 unspecified atom stereocenters. The average Bonchev–Trinajstić information content (AvgIpc) is 3.27. The number of hydrogen-bond acceptors (Lipinski definition) is 4. The summed E-state index contributed by atoms with van der Waals surface area (Å²) in [5, 5.41) is 4.63. The standard InChI is InChI=1S/C31H27F6N3O3S/c1-4-40-28(43-25-16-14-23(15-17-25)31(35,36)37)26(18-13-21-9-6-5-7-10-21)27(38-40)22-11-8-12-24(19-22)29(2,3)39-44(41,42)20-30(32,33)34/h5-12,14-17,19,39H,4,20H2,1-3H3. The number of sulfonamides is 1. The van der Waals surface area contributed by atoms with Crippen molar-refractivity contribution in [3.63, 3.8) is 0 Å². The molecule has 0 radical (unpaired) electrons. The number of aryl methyl sites for hydroxylation is 1. The molecule has 0 spiro atoms. The minimum absolute atomic E-state index is 0.107. The smallest absolute Gasteiger partial charge is 0.416 e. The highest BCUT2D eigenvalue weighted by atomic mass is 32.2. The molecule has 0 saturated carbocycles. The Bertz CT molecular complexity index is 1790. The first kappa shape index (κ1) is 32.6. The Labute approximate surface area is 250 Å². The van der Waals surface area contributed by atoms with E-state index in [0.29, 0.717) is 34.5 Å². The molecule has 0 bridgehead atoms. The molecule has 1 heterocycles. The lowest BCUT2D eigenvalue weighted by Gasteiger charge is -2.27. The van der Waals surface area contributed by atoms with Crippen molar-refractivity contribution in [1.82, 2.24) is 14.5 Å². The number of halogens is 6. The van der Waals surface area contributed by atoms with Crippen LogP contribution in [-0.4, -0.2) is 30.1 Å². The van der Waals surface area contributed by atoms with Gasteiger partial charge in [-0.15, -0.1) is 0 Å². The maximum absolute atomic E-state index is 13.1. The van der Waals surface area contributed by atoms with Crippen molar-refractivity contribution in [3.8, 4) is 34.7 Å². The Morgan fingerprint density at radius 2 is 1.52 bits per heavy atom. The van der Waals surface area contributed by atoms with Crippen molar-refractivity contribution in [3.05, 3.63) is 101 Å². The molecule has 44 heavy (non-hydrogen) atoms. The second-order valence-corrected chi connectivity index (χ2v) is 12.0. The number of nitrogens with zero attached hydrogens (tertiary/aromatic N) is 2. The number of ether oxygens (including phenoxy) is 1. The molecule has 0 aliphatic carbocycles. The fraction of sp³-hybridized carbons (Fsp3) is 0.258. The monoisotopic (exact) mass is 635 g/mol. The number of benzene rings is 3. The van der Waals surface area contributed by atoms with Gasteiger partial charge in [-0.3, -0.25) is 0 Å². The third-order valence-corrected chi connectivity index (χ3v) is 7.86. The highest BCUT2D eigenvalue weighted by molar-refractivity contribution is 7.89. The summed E-state index contributed by atoms with van der Waals surface area (Å²) >= 11 is 0. The molecule has 1 N–H and O–H groups in total. The van der Waals surface area contributed by atoms with Gasteiger partial charge in [0.25, 0.3) is 0 Å². The summed E-state index contributed by atoms with van der Waals surface area (Å²) in [7, 11) is -4.73. The number of rotatable bonds is 8. The van der Waals surface area contributed by atoms with Crippen molar-refractivity contribution in [1.29, 1.82) is 0 Å². The van der Waals surface area contributed by atoms with E-state index < -0.39 is 39.2 Å². The zero-order chi connectivity index (χ0) is 32.3. The molecule has 4 rings (SSSR count). The molecule has 0 atom stereocenters. The molecule has 0 amide bonds. The molecule has 0 aliphatic heterocycles. The van der Waals surface area contributed by atoms with E-state index in [1.165, 1.54) is 30.7 Å². The Kier molecular flexibility index (Phi) is 9.18. The maximum atomic E-state index is 13.1. The van der Waals surface area contributed by atoms with Gasteiger partial charge >= 0.3 is 12.4 Å². The lowest BCUT2D eigenvalue weighted by atomic mass is 9.93. The second kappa shape index (κ2) is 12.4. The van der Waals surface area contributed by atoms with Crippen LogP contribution in [0.3, 0.4) is 0 Å². The zero-order valence-electron chi connectivity index (χ0n) is 23.7. The fourth-order valence-corrected chi connectivity index (χ4v) is 5.71. The van der Waals surface area contributed by atoms with Crippen molar-refractivity contribution in [2.75, 3.05) is 5.75 Å². The first-order chi connectivity index (χ1) is 20.5. The summed E-state index contributed by atoms with van der Waals surface area (Å²) < 4.78 is 112. The maximum Gasteiger partial charge on any atom is 0.416 e. The first-order valence-electron chi connectivity index (χ1n) is 13.2. The summed E-state index contributed by atoms with van der Waals surface area (Å²) in [5.41, 5.74) is -0.216. The predicted octanol–water partition coefficient (Wildman–Crippen LogP) is 7.50. The van der Waals surface area contributed by atoms with Crippen molar-refractivity contribution >= 4 is 10.0 Å². The Hall–Kier alpha value is -4.28. The molecular formula is C31H27F6N3O3S. The highest BCUT2D eigenvalue weighted by Gasteiger charge is 2.38. The van der Waals surface area contributed by atoms with E-state index in [2.05, 4.69) is 21.7 Å². The molecule has 0 aliphatic rings. The molecule has 4 aromatic rings. The number of aromatic nitrogens is 2. The van der Waals surface area contributed by atoms with Crippen molar-refractivity contribution < 1.29 is 39.5 Å². The summed E-state index contributed by atoms with van der Waals surface area (Å²) in [6.45, 7) is 4.93. The van der Waals surface area contributed by atoms with Gasteiger partial charge in [-0.2, -0.15) is 31.4 Å². The Balaban J connectivity index is 1.81. The van der Waals surface area contributed by atoms with Crippen molar-refractivity contribution in [2.45, 2.75) is 45.2 Å². The van der Waals surface area contributed by atoms with Gasteiger partial charge in [-0.1, -0.05) is 48.2 Å². The zero-order valence-corrected chi connectivity index (χ0v) is 24.5. The quantitative estimate of drug-likeness (QED) is 0.161. The highest BCUT2D eigenvalue weighted by Crippen LogP contribution is 2.36. The fourth-order valence-electron chi connectivity index (χ4n) is 4.31. The number of alkyl halides is 6. The third-order valence-electron chi connectivity index (χ3n) is 6.33. The summed E-state index contributed by atoms with van der Waals surface area (Å²) in [6.07, 6.45) is -9.45. The number of nitrogens with one attached hydrogen (secondary N) is 1. The number of hydrogen-bond donors (Lipinski definition) is 1. The van der Waals surface area contributed by atoms with Crippen LogP contribution in [0.15, 0.2) is 78.9 Å². The van der Waals surface area contributed by atoms with Crippen LogP contribution >= 0.6 is 0 Å². The van der Waals surface area contributed by atoms with Crippen LogP contribution in [0.2, 0.25) is 0 Å². The van der Waals surface area contributed by atoms with Gasteiger partial charge in [0.1, 0.15) is 17.0 Å². The van der Waals surface area contributed by atoms with E-state index in [-0.39, 0.29) is 11.6 Å². The van der Waals surface area contributed by atoms with E-state index in [4.69, 9.17) is 4.74 Å². The van der Waals surface area contributed by atoms with Crippen LogP contribution < -0.4 is 9.46 Å². The van der Waals surface area contributed by atoms with Gasteiger partial charge in [0.2, 0.25) is 15.9 Å². The predicted molar refractivity (Wildman–Crippen MR) is 153 cm³/mol. The van der Waals surface area contributed by atoms with Gasteiger partial charge in [-0.25, -0.2) is 17.8 Å². The molecule has 13 heteroatoms. The van der Waals surface area contributed by atoms with Crippen LogP contribution in [0.1, 0.15) is 43.0 Å². The van der Waals surface area contributed by atoms with Gasteiger partial charge in [0.05, 0.1) is 11.1 Å². The Morgan fingerprint density at radius 1 is 0.864 bits per heavy atom. The molecule has 0 fully saturated rings. The van der Waals surface area contributed by atoms with E-state index in [1.807, 2.05) is 6.07 Å². The largest absolute Gasteiger partial charge is 0.438 e. The lowest BCUT2D eigenvalue weighted by molar-refractivity contribution is -0.137. The molecule has 1 aromatic heterocycles. The second-order valence-electron chi connectivity index (χ2n) is 10.3. The summed E-state index contributed by atoms with van der Waals surface area (Å²) in [4.78, 5) is 0. The SMILES string of the molecule is CCn1nc(-c2cccc(C(C)(C)NS(=O)(=O)CC(F)(F)F)c2)c(C#Cc2ccccc2)c1Oc1ccc(C(F)(F)F)cc1. The van der Waals surface area contributed by atoms with Crippen LogP contribution in [0.5, 0.6) is 11.6 Å². The van der Waals surface area contributed by atoms with E-state index in [1.54, 1.807) is 55.5 Å². The van der Waals surface area contributed by atoms with E-state index >= 15 is 0 Å². The minimum Gasteiger partial charge on any atom is -0.438 e. The average molecular weight is 636 g/mol. The van der Waals surface area contributed by atoms with Crippen LogP contribution in [-0.2, 0) is 28.3 Å². The first-order valence-corrected chi connectivity index (χ1v) is 14.8. The van der Waals surface area contributed by atoms with Gasteiger partial charge in [0, 0.05) is 17.7 Å². The molecule has 0 saturated heterocycles. The Morgan fingerprint density at radius 3 is 2.11 bits per heavy atom. The van der Waals surface area contributed by atoms with Gasteiger partial charge < -0.3 is 4.74 Å². The third kappa shape index (κ3) is 8.21. The molecular weight excluding hydrogens is 608 g/mol. The minimum atomic E-state index is -4.92. The summed E-state index contributed by atoms with van der Waals surface area (Å²) in [6, 6.07) is 19.5.